The van der Waals surface area contributed by atoms with Crippen molar-refractivity contribution in [2.45, 2.75) is 51.5 Å². The predicted octanol–water partition coefficient (Wildman–Crippen LogP) is 4.89. The van der Waals surface area contributed by atoms with Crippen LogP contribution in [0, 0.1) is 11.7 Å². The lowest BCUT2D eigenvalue weighted by molar-refractivity contribution is -0.129. The van der Waals surface area contributed by atoms with Crippen LogP contribution in [0.4, 0.5) is 4.39 Å². The second-order valence-corrected chi connectivity index (χ2v) is 9.62. The fourth-order valence-corrected chi connectivity index (χ4v) is 4.80. The topological polar surface area (TPSA) is 60.2 Å². The maximum Gasteiger partial charge on any atom is 0.233 e. The molecule has 1 unspecified atom stereocenters. The fourth-order valence-electron chi connectivity index (χ4n) is 3.94. The molecular weight excluding hydrogens is 439 g/mol. The third-order valence-corrected chi connectivity index (χ3v) is 6.54. The van der Waals surface area contributed by atoms with Crippen molar-refractivity contribution in [3.63, 3.8) is 0 Å². The molecule has 1 aromatic heterocycles. The monoisotopic (exact) mass is 468 g/mol. The van der Waals surface area contributed by atoms with Crippen LogP contribution in [-0.2, 0) is 24.3 Å². The number of rotatable bonds is 8. The van der Waals surface area contributed by atoms with Crippen LogP contribution in [0.25, 0.3) is 0 Å². The summed E-state index contributed by atoms with van der Waals surface area (Å²) in [5, 5.41) is 9.44. The van der Waals surface area contributed by atoms with Crippen LogP contribution < -0.4 is 4.74 Å². The van der Waals surface area contributed by atoms with E-state index in [0.29, 0.717) is 41.5 Å². The van der Waals surface area contributed by atoms with Gasteiger partial charge in [-0.25, -0.2) is 4.39 Å². The molecule has 1 aliphatic rings. The van der Waals surface area contributed by atoms with Gasteiger partial charge in [-0.15, -0.1) is 10.2 Å². The van der Waals surface area contributed by atoms with E-state index in [2.05, 4.69) is 36.2 Å². The van der Waals surface area contributed by atoms with Crippen molar-refractivity contribution >= 4 is 17.7 Å². The van der Waals surface area contributed by atoms with Gasteiger partial charge in [-0.2, -0.15) is 0 Å². The van der Waals surface area contributed by atoms with E-state index in [4.69, 9.17) is 4.74 Å². The first-order valence-electron chi connectivity index (χ1n) is 11.2. The van der Waals surface area contributed by atoms with E-state index in [-0.39, 0.29) is 17.8 Å². The molecule has 0 saturated carbocycles. The summed E-state index contributed by atoms with van der Waals surface area (Å²) in [5.74, 6) is 1.73. The Kier molecular flexibility index (Phi) is 7.33. The molecule has 4 rings (SSSR count). The molecule has 0 saturated heterocycles. The maximum atomic E-state index is 13.2. The normalized spacial score (nSPS) is 14.3. The quantitative estimate of drug-likeness (QED) is 0.441. The highest BCUT2D eigenvalue weighted by Gasteiger charge is 2.24. The van der Waals surface area contributed by atoms with Crippen molar-refractivity contribution in [3.05, 3.63) is 71.3 Å². The number of halogens is 1. The van der Waals surface area contributed by atoms with Crippen molar-refractivity contribution in [1.82, 2.24) is 19.7 Å². The van der Waals surface area contributed by atoms with Crippen molar-refractivity contribution in [1.29, 1.82) is 0 Å². The molecule has 0 N–H and O–H groups in total. The molecule has 0 fully saturated rings. The summed E-state index contributed by atoms with van der Waals surface area (Å²) >= 11 is 1.41. The van der Waals surface area contributed by atoms with Crippen molar-refractivity contribution < 1.29 is 13.9 Å². The van der Waals surface area contributed by atoms with E-state index in [1.165, 1.54) is 35.0 Å². The van der Waals surface area contributed by atoms with Crippen LogP contribution in [0.2, 0.25) is 0 Å². The Hall–Kier alpha value is -2.87. The lowest BCUT2D eigenvalue weighted by Gasteiger charge is -2.28. The molecule has 1 aliphatic heterocycles. The summed E-state index contributed by atoms with van der Waals surface area (Å²) in [5.41, 5.74) is 2.55. The van der Waals surface area contributed by atoms with E-state index in [9.17, 15) is 9.18 Å². The van der Waals surface area contributed by atoms with Gasteiger partial charge in [-0.1, -0.05) is 49.9 Å². The first-order valence-corrected chi connectivity index (χ1v) is 12.2. The molecule has 0 bridgehead atoms. The number of aromatic nitrogens is 3. The Morgan fingerprint density at radius 2 is 1.82 bits per heavy atom. The van der Waals surface area contributed by atoms with Crippen LogP contribution in [0.1, 0.15) is 43.8 Å². The van der Waals surface area contributed by atoms with E-state index >= 15 is 0 Å². The summed E-state index contributed by atoms with van der Waals surface area (Å²) in [6.07, 6.45) is 0.517. The van der Waals surface area contributed by atoms with Crippen LogP contribution in [0.5, 0.6) is 5.75 Å². The molecule has 6 nitrogen and oxygen atoms in total. The zero-order valence-electron chi connectivity index (χ0n) is 19.2. The largest absolute Gasteiger partial charge is 0.483 e. The number of ether oxygens (including phenoxy) is 1. The average Bonchev–Trinajstić information content (AvgIpc) is 3.20. The first kappa shape index (κ1) is 23.3. The van der Waals surface area contributed by atoms with E-state index in [1.54, 1.807) is 12.1 Å². The molecule has 2 aromatic carbocycles. The van der Waals surface area contributed by atoms with Gasteiger partial charge in [-0.3, -0.25) is 4.79 Å². The Balaban J connectivity index is 1.43. The van der Waals surface area contributed by atoms with Gasteiger partial charge in [0.25, 0.3) is 0 Å². The Morgan fingerprint density at radius 1 is 1.09 bits per heavy atom. The predicted molar refractivity (Wildman–Crippen MR) is 127 cm³/mol. The lowest BCUT2D eigenvalue weighted by atomic mass is 10.00. The number of amides is 1. The number of carbonyl (C=O) groups is 1. The van der Waals surface area contributed by atoms with Gasteiger partial charge in [0.1, 0.15) is 11.6 Å². The highest BCUT2D eigenvalue weighted by atomic mass is 32.2. The number of benzene rings is 2. The summed E-state index contributed by atoms with van der Waals surface area (Å²) in [6.45, 7) is 8.26. The van der Waals surface area contributed by atoms with Gasteiger partial charge >= 0.3 is 0 Å². The van der Waals surface area contributed by atoms with Gasteiger partial charge in [0.15, 0.2) is 17.1 Å². The minimum atomic E-state index is -0.370. The highest BCUT2D eigenvalue weighted by Crippen LogP contribution is 2.27. The van der Waals surface area contributed by atoms with Crippen LogP contribution >= 0.6 is 11.8 Å². The molecule has 3 aromatic rings. The van der Waals surface area contributed by atoms with Gasteiger partial charge < -0.3 is 14.2 Å². The number of hydrogen-bond acceptors (Lipinski definition) is 5. The lowest BCUT2D eigenvalue weighted by Crippen LogP contribution is -2.37. The summed E-state index contributed by atoms with van der Waals surface area (Å²) in [6, 6.07) is 14.2. The van der Waals surface area contributed by atoms with Crippen LogP contribution in [0.15, 0.2) is 53.7 Å². The Morgan fingerprint density at radius 3 is 2.55 bits per heavy atom. The number of thioether (sulfide) groups is 1. The Bertz CT molecular complexity index is 1100. The molecule has 33 heavy (non-hydrogen) atoms. The molecule has 0 radical (unpaired) electrons. The number of hydrogen-bond donors (Lipinski definition) is 0. The van der Waals surface area contributed by atoms with Gasteiger partial charge in [0.2, 0.25) is 5.91 Å². The maximum absolute atomic E-state index is 13.2. The standard InChI is InChI=1S/C25H29FN4O2S/c1-17(2)14-30-24(18(3)32-22-10-8-21(26)9-11-22)27-28-25(30)33-16-23(31)29-13-12-19-6-4-5-7-20(19)15-29/h4-11,17-18H,12-16H2,1-3H3. The van der Waals surface area contributed by atoms with Crippen molar-refractivity contribution in [3.8, 4) is 5.75 Å². The van der Waals surface area contributed by atoms with E-state index in [0.717, 1.165) is 13.0 Å². The SMILES string of the molecule is CC(C)Cn1c(SCC(=O)N2CCc3ccccc3C2)nnc1C(C)Oc1ccc(F)cc1. The van der Waals surface area contributed by atoms with Gasteiger partial charge in [-0.05, 0) is 54.7 Å². The average molecular weight is 469 g/mol. The first-order chi connectivity index (χ1) is 15.9. The van der Waals surface area contributed by atoms with Crippen molar-refractivity contribution in [2.24, 2.45) is 5.92 Å². The summed E-state index contributed by atoms with van der Waals surface area (Å²) in [4.78, 5) is 14.8. The summed E-state index contributed by atoms with van der Waals surface area (Å²) in [7, 11) is 0. The molecule has 174 valence electrons. The van der Waals surface area contributed by atoms with E-state index < -0.39 is 0 Å². The van der Waals surface area contributed by atoms with E-state index in [1.807, 2.05) is 28.5 Å². The zero-order chi connectivity index (χ0) is 23.4. The minimum Gasteiger partial charge on any atom is -0.483 e. The molecule has 8 heteroatoms. The highest BCUT2D eigenvalue weighted by molar-refractivity contribution is 7.99. The van der Waals surface area contributed by atoms with Gasteiger partial charge in [0.05, 0.1) is 5.75 Å². The van der Waals surface area contributed by atoms with Crippen molar-refractivity contribution in [2.75, 3.05) is 12.3 Å². The number of fused-ring (bicyclic) bond motifs is 1. The summed E-state index contributed by atoms with van der Waals surface area (Å²) < 4.78 is 21.2. The molecular formula is C25H29FN4O2S. The molecule has 1 atom stereocenters. The smallest absolute Gasteiger partial charge is 0.233 e. The van der Waals surface area contributed by atoms with Crippen LogP contribution in [-0.4, -0.2) is 37.9 Å². The van der Waals surface area contributed by atoms with Gasteiger partial charge in [0, 0.05) is 19.6 Å². The third-order valence-electron chi connectivity index (χ3n) is 5.59. The Labute approximate surface area is 198 Å². The number of carbonyl (C=O) groups excluding carboxylic acids is 1. The fraction of sp³-hybridized carbons (Fsp3) is 0.400. The molecule has 1 amide bonds. The number of nitrogens with zero attached hydrogens (tertiary/aromatic N) is 4. The third kappa shape index (κ3) is 5.74. The minimum absolute atomic E-state index is 0.103. The zero-order valence-corrected chi connectivity index (χ0v) is 20.0. The second-order valence-electron chi connectivity index (χ2n) is 8.68. The molecule has 0 aliphatic carbocycles. The molecule has 2 heterocycles. The van der Waals surface area contributed by atoms with Crippen LogP contribution in [0.3, 0.4) is 0 Å². The molecule has 0 spiro atoms. The second kappa shape index (κ2) is 10.4.